The van der Waals surface area contributed by atoms with E-state index in [4.69, 9.17) is 0 Å². The van der Waals surface area contributed by atoms with E-state index in [-0.39, 0.29) is 30.7 Å². The Kier molecular flexibility index (Phi) is 10.5. The zero-order chi connectivity index (χ0) is 16.1. The van der Waals surface area contributed by atoms with Crippen LogP contribution in [0.1, 0.15) is 31.4 Å². The SMILES string of the molecule is CCCN(C(=O)CN(C)Cc1nnc(C)n1C)C1CCNC1.Cl.Cl. The van der Waals surface area contributed by atoms with Gasteiger partial charge in [-0.3, -0.25) is 9.69 Å². The van der Waals surface area contributed by atoms with E-state index >= 15 is 0 Å². The Morgan fingerprint density at radius 2 is 2.08 bits per heavy atom. The molecule has 0 bridgehead atoms. The number of rotatable bonds is 7. The Balaban J connectivity index is 0.00000264. The summed E-state index contributed by atoms with van der Waals surface area (Å²) in [5.41, 5.74) is 0. The van der Waals surface area contributed by atoms with Gasteiger partial charge in [0.05, 0.1) is 13.1 Å². The van der Waals surface area contributed by atoms with Crippen molar-refractivity contribution in [3.63, 3.8) is 0 Å². The van der Waals surface area contributed by atoms with Crippen LogP contribution in [-0.4, -0.2) is 69.7 Å². The molecule has 140 valence electrons. The number of likely N-dealkylation sites (N-methyl/N-ethyl adjacent to an activating group) is 1. The summed E-state index contributed by atoms with van der Waals surface area (Å²) in [5.74, 6) is 1.98. The number of amides is 1. The average molecular weight is 381 g/mol. The zero-order valence-electron chi connectivity index (χ0n) is 15.0. The highest BCUT2D eigenvalue weighted by Crippen LogP contribution is 2.11. The molecule has 1 aliphatic rings. The molecule has 1 aromatic rings. The van der Waals surface area contributed by atoms with Crippen LogP contribution < -0.4 is 5.32 Å². The van der Waals surface area contributed by atoms with Gasteiger partial charge in [-0.25, -0.2) is 0 Å². The van der Waals surface area contributed by atoms with Gasteiger partial charge in [-0.15, -0.1) is 35.0 Å². The summed E-state index contributed by atoms with van der Waals surface area (Å²) in [6.07, 6.45) is 2.05. The fraction of sp³-hybridized carbons (Fsp3) is 0.800. The molecule has 0 saturated carbocycles. The third kappa shape index (κ3) is 5.88. The number of nitrogens with zero attached hydrogens (tertiary/aromatic N) is 5. The van der Waals surface area contributed by atoms with Crippen LogP contribution in [-0.2, 0) is 18.4 Å². The second-order valence-electron chi connectivity index (χ2n) is 6.13. The van der Waals surface area contributed by atoms with Crippen molar-refractivity contribution < 1.29 is 4.79 Å². The molecule has 1 aromatic heterocycles. The minimum atomic E-state index is 0. The first-order valence-electron chi connectivity index (χ1n) is 8.06. The zero-order valence-corrected chi connectivity index (χ0v) is 16.6. The Labute approximate surface area is 157 Å². The summed E-state index contributed by atoms with van der Waals surface area (Å²) in [7, 11) is 3.91. The lowest BCUT2D eigenvalue weighted by Gasteiger charge is -2.30. The molecule has 0 aliphatic carbocycles. The average Bonchev–Trinajstić information content (AvgIpc) is 3.10. The first-order valence-corrected chi connectivity index (χ1v) is 8.06. The number of nitrogens with one attached hydrogen (secondary N) is 1. The molecule has 1 N–H and O–H groups in total. The maximum Gasteiger partial charge on any atom is 0.237 e. The Morgan fingerprint density at radius 1 is 1.38 bits per heavy atom. The lowest BCUT2D eigenvalue weighted by atomic mass is 10.2. The number of carbonyl (C=O) groups is 1. The fourth-order valence-electron chi connectivity index (χ4n) is 2.87. The normalized spacial score (nSPS) is 16.6. The third-order valence-corrected chi connectivity index (χ3v) is 4.26. The summed E-state index contributed by atoms with van der Waals surface area (Å²) >= 11 is 0. The number of hydrogen-bond acceptors (Lipinski definition) is 5. The van der Waals surface area contributed by atoms with E-state index in [1.54, 1.807) is 0 Å². The molecule has 2 heterocycles. The van der Waals surface area contributed by atoms with Crippen molar-refractivity contribution in [2.45, 2.75) is 39.3 Å². The lowest BCUT2D eigenvalue weighted by molar-refractivity contribution is -0.134. The van der Waals surface area contributed by atoms with Crippen molar-refractivity contribution in [3.05, 3.63) is 11.6 Å². The second kappa shape index (κ2) is 10.9. The molecular weight excluding hydrogens is 351 g/mol. The van der Waals surface area contributed by atoms with E-state index in [1.165, 1.54) is 0 Å². The molecular formula is C15H30Cl2N6O. The number of carbonyl (C=O) groups excluding carboxylic acids is 1. The summed E-state index contributed by atoms with van der Waals surface area (Å²) in [4.78, 5) is 16.7. The van der Waals surface area contributed by atoms with Crippen molar-refractivity contribution in [2.24, 2.45) is 7.05 Å². The smallest absolute Gasteiger partial charge is 0.237 e. The van der Waals surface area contributed by atoms with Crippen molar-refractivity contribution in [1.82, 2.24) is 29.9 Å². The van der Waals surface area contributed by atoms with E-state index in [1.807, 2.05) is 35.4 Å². The molecule has 24 heavy (non-hydrogen) atoms. The molecule has 9 heteroatoms. The molecule has 7 nitrogen and oxygen atoms in total. The topological polar surface area (TPSA) is 66.3 Å². The van der Waals surface area contributed by atoms with Crippen molar-refractivity contribution >= 4 is 30.7 Å². The van der Waals surface area contributed by atoms with E-state index in [0.29, 0.717) is 19.1 Å². The summed E-state index contributed by atoms with van der Waals surface area (Å²) in [6.45, 7) is 7.85. The number of aryl methyl sites for hydroxylation is 1. The van der Waals surface area contributed by atoms with E-state index in [9.17, 15) is 4.79 Å². The number of halogens is 2. The van der Waals surface area contributed by atoms with Crippen molar-refractivity contribution in [2.75, 3.05) is 33.2 Å². The van der Waals surface area contributed by atoms with Gasteiger partial charge in [0.1, 0.15) is 11.6 Å². The second-order valence-corrected chi connectivity index (χ2v) is 6.13. The minimum Gasteiger partial charge on any atom is -0.337 e. The van der Waals surface area contributed by atoms with Gasteiger partial charge >= 0.3 is 0 Å². The third-order valence-electron chi connectivity index (χ3n) is 4.26. The predicted octanol–water partition coefficient (Wildman–Crippen LogP) is 0.999. The first kappa shape index (κ1) is 23.1. The maximum atomic E-state index is 12.6. The highest BCUT2D eigenvalue weighted by Gasteiger charge is 2.26. The van der Waals surface area contributed by atoms with E-state index < -0.39 is 0 Å². The van der Waals surface area contributed by atoms with Crippen LogP contribution in [0.2, 0.25) is 0 Å². The van der Waals surface area contributed by atoms with E-state index in [0.717, 1.165) is 44.1 Å². The molecule has 0 spiro atoms. The summed E-state index contributed by atoms with van der Waals surface area (Å²) in [5, 5.41) is 11.6. The highest BCUT2D eigenvalue weighted by molar-refractivity contribution is 5.85. The monoisotopic (exact) mass is 380 g/mol. The predicted molar refractivity (Wildman–Crippen MR) is 99.8 cm³/mol. The maximum absolute atomic E-state index is 12.6. The fourth-order valence-corrected chi connectivity index (χ4v) is 2.87. The van der Waals surface area contributed by atoms with Crippen LogP contribution in [0.25, 0.3) is 0 Å². The van der Waals surface area contributed by atoms with Crippen molar-refractivity contribution in [1.29, 1.82) is 0 Å². The molecule has 1 unspecified atom stereocenters. The van der Waals surface area contributed by atoms with Gasteiger partial charge < -0.3 is 14.8 Å². The standard InChI is InChI=1S/C15H28N6O.2ClH/c1-5-8-21(13-6-7-16-9-13)15(22)11-19(3)10-14-18-17-12(2)20(14)4;;/h13,16H,5-11H2,1-4H3;2*1H. The summed E-state index contributed by atoms with van der Waals surface area (Å²) in [6, 6.07) is 0.345. The molecule has 0 aromatic carbocycles. The minimum absolute atomic E-state index is 0. The molecule has 1 amide bonds. The number of aromatic nitrogens is 3. The van der Waals surface area contributed by atoms with Gasteiger partial charge in [0.2, 0.25) is 5.91 Å². The Morgan fingerprint density at radius 3 is 2.58 bits per heavy atom. The van der Waals surface area contributed by atoms with Gasteiger partial charge in [0.15, 0.2) is 0 Å². The quantitative estimate of drug-likeness (QED) is 0.764. The highest BCUT2D eigenvalue weighted by atomic mass is 35.5. The molecule has 1 aliphatic heterocycles. The van der Waals surface area contributed by atoms with Crippen molar-refractivity contribution in [3.8, 4) is 0 Å². The number of hydrogen-bond donors (Lipinski definition) is 1. The molecule has 1 fully saturated rings. The Bertz CT molecular complexity index is 504. The lowest BCUT2D eigenvalue weighted by Crippen LogP contribution is -2.46. The van der Waals surface area contributed by atoms with Crippen LogP contribution in [0, 0.1) is 6.92 Å². The molecule has 1 saturated heterocycles. The summed E-state index contributed by atoms with van der Waals surface area (Å²) < 4.78 is 1.96. The van der Waals surface area contributed by atoms with Gasteiger partial charge in [0.25, 0.3) is 0 Å². The molecule has 2 rings (SSSR count). The van der Waals surface area contributed by atoms with Crippen LogP contribution >= 0.6 is 24.8 Å². The van der Waals surface area contributed by atoms with E-state index in [2.05, 4.69) is 22.4 Å². The van der Waals surface area contributed by atoms with Crippen LogP contribution in [0.4, 0.5) is 0 Å². The van der Waals surface area contributed by atoms with Gasteiger partial charge in [-0.05, 0) is 33.4 Å². The largest absolute Gasteiger partial charge is 0.337 e. The Hall–Kier alpha value is -0.890. The molecule has 1 atom stereocenters. The van der Waals surface area contributed by atoms with Crippen LogP contribution in [0.15, 0.2) is 0 Å². The van der Waals surface area contributed by atoms with Gasteiger partial charge in [-0.2, -0.15) is 0 Å². The molecule has 0 radical (unpaired) electrons. The van der Waals surface area contributed by atoms with Crippen LogP contribution in [0.3, 0.4) is 0 Å². The van der Waals surface area contributed by atoms with Crippen LogP contribution in [0.5, 0.6) is 0 Å². The first-order chi connectivity index (χ1) is 10.5. The van der Waals surface area contributed by atoms with Gasteiger partial charge in [-0.1, -0.05) is 6.92 Å². The van der Waals surface area contributed by atoms with Gasteiger partial charge in [0, 0.05) is 26.2 Å².